The average Bonchev–Trinajstić information content (AvgIpc) is 2.79. The normalized spacial score (nSPS) is 10.5. The number of ether oxygens (including phenoxy) is 1. The van der Waals surface area contributed by atoms with E-state index in [0.29, 0.717) is 0 Å². The van der Waals surface area contributed by atoms with Crippen LogP contribution in [0.25, 0.3) is 0 Å². The second-order valence-electron chi connectivity index (χ2n) is 8.11. The fourth-order valence-electron chi connectivity index (χ4n) is 3.42. The molecule has 0 unspecified atom stereocenters. The van der Waals surface area contributed by atoms with Crippen molar-refractivity contribution in [3.05, 3.63) is 59.4 Å². The molecule has 0 radical (unpaired) electrons. The summed E-state index contributed by atoms with van der Waals surface area (Å²) in [5.74, 6) is 7.29. The summed E-state index contributed by atoms with van der Waals surface area (Å²) in [5, 5.41) is 0. The molecule has 30 heavy (non-hydrogen) atoms. The topological polar surface area (TPSA) is 22.1 Å². The Labute approximate surface area is 184 Å². The highest BCUT2D eigenvalue weighted by atomic mass is 16.5. The predicted octanol–water partition coefficient (Wildman–Crippen LogP) is 7.73. The van der Waals surface area contributed by atoms with E-state index >= 15 is 0 Å². The lowest BCUT2D eigenvalue weighted by Crippen LogP contribution is -1.97. The zero-order valence-corrected chi connectivity index (χ0v) is 19.1. The second kappa shape index (κ2) is 15.6. The molecular weight excluding hydrogens is 366 g/mol. The molecule has 0 atom stereocenters. The number of unbranched alkanes of at least 4 members (excludes halogenated alkanes) is 9. The van der Waals surface area contributed by atoms with Gasteiger partial charge in [-0.3, -0.25) is 0 Å². The van der Waals surface area contributed by atoms with Crippen molar-refractivity contribution in [2.24, 2.45) is 0 Å². The third kappa shape index (κ3) is 10.5. The van der Waals surface area contributed by atoms with E-state index in [4.69, 9.17) is 4.74 Å². The molecule has 0 spiro atoms. The quantitative estimate of drug-likeness (QED) is 0.237. The SMILES string of the molecule is CCCCCCCCc1ccc(C#Cc2ccc(OCCCCCCC)cc2)nc1. The largest absolute Gasteiger partial charge is 0.494 e. The molecule has 0 amide bonds. The fraction of sp³-hybridized carbons (Fsp3) is 0.536. The van der Waals surface area contributed by atoms with Crippen LogP contribution in [0.3, 0.4) is 0 Å². The van der Waals surface area contributed by atoms with E-state index in [1.807, 2.05) is 36.5 Å². The third-order valence-electron chi connectivity index (χ3n) is 5.35. The number of aryl methyl sites for hydroxylation is 1. The maximum Gasteiger partial charge on any atom is 0.119 e. The molecule has 2 nitrogen and oxygen atoms in total. The Balaban J connectivity index is 1.70. The van der Waals surface area contributed by atoms with Crippen molar-refractivity contribution in [1.29, 1.82) is 0 Å². The van der Waals surface area contributed by atoms with Crippen molar-refractivity contribution in [2.45, 2.75) is 90.9 Å². The Morgan fingerprint density at radius 1 is 0.700 bits per heavy atom. The van der Waals surface area contributed by atoms with Crippen molar-refractivity contribution in [1.82, 2.24) is 4.98 Å². The maximum absolute atomic E-state index is 5.82. The van der Waals surface area contributed by atoms with Crippen LogP contribution >= 0.6 is 0 Å². The first-order valence-corrected chi connectivity index (χ1v) is 12.0. The zero-order chi connectivity index (χ0) is 21.3. The molecular formula is C28H39NO. The molecule has 1 aromatic heterocycles. The van der Waals surface area contributed by atoms with Gasteiger partial charge < -0.3 is 4.74 Å². The lowest BCUT2D eigenvalue weighted by molar-refractivity contribution is 0.304. The molecule has 1 aromatic carbocycles. The van der Waals surface area contributed by atoms with Gasteiger partial charge in [0, 0.05) is 11.8 Å². The van der Waals surface area contributed by atoms with Gasteiger partial charge in [0.25, 0.3) is 0 Å². The molecule has 0 saturated heterocycles. The Morgan fingerprint density at radius 3 is 2.03 bits per heavy atom. The molecule has 2 rings (SSSR count). The van der Waals surface area contributed by atoms with E-state index in [-0.39, 0.29) is 0 Å². The number of nitrogens with zero attached hydrogens (tertiary/aromatic N) is 1. The summed E-state index contributed by atoms with van der Waals surface area (Å²) in [6.45, 7) is 5.30. The monoisotopic (exact) mass is 405 g/mol. The lowest BCUT2D eigenvalue weighted by atomic mass is 10.1. The van der Waals surface area contributed by atoms with Crippen LogP contribution in [0, 0.1) is 11.8 Å². The highest BCUT2D eigenvalue weighted by Gasteiger charge is 1.97. The molecule has 0 aliphatic rings. The summed E-state index contributed by atoms with van der Waals surface area (Å²) >= 11 is 0. The molecule has 0 fully saturated rings. The zero-order valence-electron chi connectivity index (χ0n) is 19.1. The first-order chi connectivity index (χ1) is 14.8. The summed E-state index contributed by atoms with van der Waals surface area (Å²) in [6, 6.07) is 12.3. The third-order valence-corrected chi connectivity index (χ3v) is 5.35. The maximum atomic E-state index is 5.82. The molecule has 0 N–H and O–H groups in total. The molecule has 0 saturated carbocycles. The van der Waals surface area contributed by atoms with Gasteiger partial charge in [0.1, 0.15) is 11.4 Å². The molecule has 0 aliphatic carbocycles. The molecule has 1 heterocycles. The van der Waals surface area contributed by atoms with Gasteiger partial charge in [0.2, 0.25) is 0 Å². The lowest BCUT2D eigenvalue weighted by Gasteiger charge is -2.05. The van der Waals surface area contributed by atoms with Crippen molar-refractivity contribution >= 4 is 0 Å². The molecule has 162 valence electrons. The van der Waals surface area contributed by atoms with Crippen molar-refractivity contribution in [2.75, 3.05) is 6.61 Å². The van der Waals surface area contributed by atoms with Gasteiger partial charge in [-0.1, -0.05) is 83.6 Å². The Kier molecular flexibility index (Phi) is 12.4. The Bertz CT molecular complexity index is 673. The van der Waals surface area contributed by atoms with Crippen LogP contribution in [-0.2, 0) is 6.42 Å². The molecule has 0 aliphatic heterocycles. The van der Waals surface area contributed by atoms with Crippen LogP contribution in [0.5, 0.6) is 5.75 Å². The van der Waals surface area contributed by atoms with Gasteiger partial charge in [-0.05, 0) is 61.1 Å². The van der Waals surface area contributed by atoms with Crippen LogP contribution in [0.2, 0.25) is 0 Å². The number of aromatic nitrogens is 1. The number of hydrogen-bond acceptors (Lipinski definition) is 2. The number of benzene rings is 1. The van der Waals surface area contributed by atoms with Gasteiger partial charge >= 0.3 is 0 Å². The van der Waals surface area contributed by atoms with Crippen LogP contribution in [-0.4, -0.2) is 11.6 Å². The first kappa shape index (κ1) is 24.0. The Morgan fingerprint density at radius 2 is 1.37 bits per heavy atom. The minimum atomic E-state index is 0.795. The number of hydrogen-bond donors (Lipinski definition) is 0. The van der Waals surface area contributed by atoms with Crippen molar-refractivity contribution in [3.63, 3.8) is 0 Å². The summed E-state index contributed by atoms with van der Waals surface area (Å²) in [6.07, 6.45) is 17.4. The van der Waals surface area contributed by atoms with Crippen molar-refractivity contribution in [3.8, 4) is 17.6 Å². The highest BCUT2D eigenvalue weighted by Crippen LogP contribution is 2.13. The standard InChI is InChI=1S/C28H39NO/c1-3-5-7-9-10-12-14-26-16-20-27(29-24-26)19-15-25-17-21-28(22-18-25)30-23-13-11-8-6-4-2/h16-18,20-22,24H,3-14,23H2,1-2H3. The summed E-state index contributed by atoms with van der Waals surface area (Å²) in [7, 11) is 0. The highest BCUT2D eigenvalue weighted by molar-refractivity contribution is 5.42. The minimum Gasteiger partial charge on any atom is -0.494 e. The Hall–Kier alpha value is -2.27. The smallest absolute Gasteiger partial charge is 0.119 e. The van der Waals surface area contributed by atoms with Crippen LogP contribution in [0.4, 0.5) is 0 Å². The van der Waals surface area contributed by atoms with Crippen LogP contribution < -0.4 is 4.74 Å². The van der Waals surface area contributed by atoms with Crippen molar-refractivity contribution < 1.29 is 4.74 Å². The van der Waals surface area contributed by atoms with E-state index < -0.39 is 0 Å². The fourth-order valence-corrected chi connectivity index (χ4v) is 3.42. The van der Waals surface area contributed by atoms with Gasteiger partial charge in [0.05, 0.1) is 6.61 Å². The molecule has 0 bridgehead atoms. The van der Waals surface area contributed by atoms with Crippen LogP contribution in [0.1, 0.15) is 101 Å². The van der Waals surface area contributed by atoms with E-state index in [2.05, 4.69) is 36.7 Å². The minimum absolute atomic E-state index is 0.795. The van der Waals surface area contributed by atoms with Gasteiger partial charge in [0.15, 0.2) is 0 Å². The number of rotatable bonds is 14. The first-order valence-electron chi connectivity index (χ1n) is 12.0. The van der Waals surface area contributed by atoms with Crippen LogP contribution in [0.15, 0.2) is 42.6 Å². The summed E-state index contributed by atoms with van der Waals surface area (Å²) in [4.78, 5) is 4.51. The van der Waals surface area contributed by atoms with E-state index in [1.54, 1.807) is 0 Å². The second-order valence-corrected chi connectivity index (χ2v) is 8.11. The number of pyridine rings is 1. The molecule has 2 heteroatoms. The van der Waals surface area contributed by atoms with Gasteiger partial charge in [-0.15, -0.1) is 0 Å². The van der Waals surface area contributed by atoms with Gasteiger partial charge in [-0.2, -0.15) is 0 Å². The van der Waals surface area contributed by atoms with E-state index in [1.165, 1.54) is 69.8 Å². The van der Waals surface area contributed by atoms with E-state index in [9.17, 15) is 0 Å². The summed E-state index contributed by atoms with van der Waals surface area (Å²) in [5.41, 5.74) is 3.13. The van der Waals surface area contributed by atoms with E-state index in [0.717, 1.165) is 36.5 Å². The predicted molar refractivity (Wildman–Crippen MR) is 128 cm³/mol. The average molecular weight is 406 g/mol. The van der Waals surface area contributed by atoms with Gasteiger partial charge in [-0.25, -0.2) is 4.98 Å². The molecule has 2 aromatic rings. The summed E-state index contributed by atoms with van der Waals surface area (Å²) < 4.78 is 5.82.